The van der Waals surface area contributed by atoms with Crippen molar-refractivity contribution in [2.75, 3.05) is 13.1 Å². The van der Waals surface area contributed by atoms with E-state index in [-0.39, 0.29) is 43.5 Å². The molecule has 0 saturated heterocycles. The molecule has 2 atom stereocenters. The molecule has 0 aliphatic carbocycles. The van der Waals surface area contributed by atoms with E-state index in [4.69, 9.17) is 10.8 Å². The number of carbonyl (C=O) groups is 7. The van der Waals surface area contributed by atoms with Gasteiger partial charge in [0.15, 0.2) is 5.78 Å². The average molecular weight is 570 g/mol. The van der Waals surface area contributed by atoms with Crippen molar-refractivity contribution in [2.45, 2.75) is 98.6 Å². The number of unbranched alkanes of at least 4 members (excludes halogenated alkanes) is 2. The van der Waals surface area contributed by atoms with Crippen LogP contribution in [-0.4, -0.2) is 76.6 Å². The number of aliphatic carboxylic acids is 1. The molecule has 228 valence electrons. The summed E-state index contributed by atoms with van der Waals surface area (Å²) < 4.78 is 0. The lowest BCUT2D eigenvalue weighted by Crippen LogP contribution is -2.52. The van der Waals surface area contributed by atoms with E-state index in [2.05, 4.69) is 36.7 Å². The van der Waals surface area contributed by atoms with Crippen LogP contribution < -0.4 is 21.7 Å². The number of nitrogens with one attached hydrogen (secondary N) is 3. The highest BCUT2D eigenvalue weighted by molar-refractivity contribution is 6.12. The van der Waals surface area contributed by atoms with Crippen LogP contribution in [0.4, 0.5) is 4.79 Å². The van der Waals surface area contributed by atoms with Crippen molar-refractivity contribution in [1.82, 2.24) is 20.9 Å². The van der Waals surface area contributed by atoms with Gasteiger partial charge in [-0.15, -0.1) is 0 Å². The Hall–Kier alpha value is -3.77. The molecule has 0 fully saturated rings. The average Bonchev–Trinajstić information content (AvgIpc) is 3.17. The van der Waals surface area contributed by atoms with E-state index in [0.29, 0.717) is 25.7 Å². The van der Waals surface area contributed by atoms with Crippen molar-refractivity contribution in [3.8, 4) is 0 Å². The van der Waals surface area contributed by atoms with Crippen molar-refractivity contribution in [1.29, 1.82) is 0 Å². The molecule has 0 aromatic carbocycles. The third-order valence-corrected chi connectivity index (χ3v) is 4.99. The van der Waals surface area contributed by atoms with E-state index in [1.54, 1.807) is 0 Å². The Kier molecular flexibility index (Phi) is 21.2. The molecule has 0 unspecified atom stereocenters. The first-order valence-electron chi connectivity index (χ1n) is 13.6. The Labute approximate surface area is 236 Å². The Morgan fingerprint density at radius 1 is 0.900 bits per heavy atom. The molecule has 1 aliphatic rings. The number of ketones is 1. The quantitative estimate of drug-likeness (QED) is 0.136. The van der Waals surface area contributed by atoms with Gasteiger partial charge in [0, 0.05) is 31.7 Å². The summed E-state index contributed by atoms with van der Waals surface area (Å²) in [5.41, 5.74) is 4.96. The zero-order chi connectivity index (χ0) is 31.3. The van der Waals surface area contributed by atoms with Crippen LogP contribution in [0.1, 0.15) is 86.5 Å². The Morgan fingerprint density at radius 3 is 1.93 bits per heavy atom. The molecule has 0 aromatic rings. The summed E-state index contributed by atoms with van der Waals surface area (Å²) in [5.74, 6) is -2.94. The first-order chi connectivity index (χ1) is 18.7. The Morgan fingerprint density at radius 2 is 1.45 bits per heavy atom. The summed E-state index contributed by atoms with van der Waals surface area (Å²) in [6, 6.07) is -3.01. The Balaban J connectivity index is 0. The van der Waals surface area contributed by atoms with Crippen molar-refractivity contribution in [2.24, 2.45) is 11.7 Å². The largest absolute Gasteiger partial charge is 0.481 e. The SMILES string of the molecule is CC.CC(=O)[C@H](CCCNC(N)=O)NC(=O)[C@H](CC(=O)O)NC(=O)CCCCCN1C(=O)C=CC1=O.CC(C)C. The maximum atomic E-state index is 12.5. The number of hydrogen-bond donors (Lipinski definition) is 5. The van der Waals surface area contributed by atoms with E-state index >= 15 is 0 Å². The molecular weight excluding hydrogens is 522 g/mol. The van der Waals surface area contributed by atoms with E-state index < -0.39 is 42.3 Å². The summed E-state index contributed by atoms with van der Waals surface area (Å²) in [6.07, 6.45) is 3.69. The molecule has 0 spiro atoms. The van der Waals surface area contributed by atoms with Gasteiger partial charge in [-0.05, 0) is 38.5 Å². The van der Waals surface area contributed by atoms with E-state index in [0.717, 1.165) is 10.8 Å². The minimum absolute atomic E-state index is 0.0124. The van der Waals surface area contributed by atoms with Crippen molar-refractivity contribution < 1.29 is 38.7 Å². The maximum absolute atomic E-state index is 12.5. The number of hydrogen-bond acceptors (Lipinski definition) is 7. The van der Waals surface area contributed by atoms with Crippen molar-refractivity contribution >= 4 is 41.4 Å². The van der Waals surface area contributed by atoms with Crippen LogP contribution in [0, 0.1) is 5.92 Å². The fourth-order valence-electron chi connectivity index (χ4n) is 3.20. The van der Waals surface area contributed by atoms with Crippen LogP contribution in [0.2, 0.25) is 0 Å². The number of imide groups is 1. The highest BCUT2D eigenvalue weighted by atomic mass is 16.4. The first kappa shape index (κ1) is 38.4. The van der Waals surface area contributed by atoms with Crippen molar-refractivity contribution in [3.05, 3.63) is 12.2 Å². The molecule has 0 radical (unpaired) electrons. The van der Waals surface area contributed by atoms with Crippen LogP contribution in [0.5, 0.6) is 0 Å². The molecule has 0 aromatic heterocycles. The molecule has 6 N–H and O–H groups in total. The van der Waals surface area contributed by atoms with Gasteiger partial charge < -0.3 is 26.8 Å². The van der Waals surface area contributed by atoms with Gasteiger partial charge >= 0.3 is 12.0 Å². The fraction of sp³-hybridized carbons (Fsp3) is 0.667. The molecule has 1 aliphatic heterocycles. The molecule has 1 rings (SSSR count). The lowest BCUT2D eigenvalue weighted by atomic mass is 10.1. The van der Waals surface area contributed by atoms with E-state index in [1.807, 2.05) is 13.8 Å². The highest BCUT2D eigenvalue weighted by Crippen LogP contribution is 2.08. The molecule has 13 nitrogen and oxygen atoms in total. The van der Waals surface area contributed by atoms with E-state index in [1.165, 1.54) is 19.1 Å². The third kappa shape index (κ3) is 19.3. The number of primary amides is 1. The number of urea groups is 1. The van der Waals surface area contributed by atoms with Crippen molar-refractivity contribution in [3.63, 3.8) is 0 Å². The smallest absolute Gasteiger partial charge is 0.312 e. The van der Waals surface area contributed by atoms with Gasteiger partial charge in [-0.25, -0.2) is 4.79 Å². The summed E-state index contributed by atoms with van der Waals surface area (Å²) in [4.78, 5) is 82.5. The van der Waals surface area contributed by atoms with Crippen LogP contribution in [0.15, 0.2) is 12.2 Å². The zero-order valence-corrected chi connectivity index (χ0v) is 24.6. The maximum Gasteiger partial charge on any atom is 0.312 e. The fourth-order valence-corrected chi connectivity index (χ4v) is 3.20. The second-order valence-electron chi connectivity index (χ2n) is 9.53. The minimum Gasteiger partial charge on any atom is -0.481 e. The number of amides is 6. The molecule has 1 heterocycles. The predicted molar refractivity (Wildman–Crippen MR) is 150 cm³/mol. The molecular formula is C27H47N5O8. The number of rotatable bonds is 16. The number of nitrogens with zero attached hydrogens (tertiary/aromatic N) is 1. The first-order valence-corrected chi connectivity index (χ1v) is 13.6. The third-order valence-electron chi connectivity index (χ3n) is 4.99. The zero-order valence-electron chi connectivity index (χ0n) is 24.6. The standard InChI is InChI=1S/C21H31N5O8.C4H10.C2H6/c1-13(27)14(6-5-10-23-21(22)34)25-20(33)15(12-19(31)32)24-16(28)7-3-2-4-11-26-17(29)8-9-18(26)30;1-4(2)3;1-2/h8-9,14-15H,2-7,10-12H2,1H3,(H,24,28)(H,25,33)(H,31,32)(H3,22,23,34);4H,1-3H3;1-2H3/t14-,15-;;/m0../s1. The molecule has 13 heteroatoms. The number of carbonyl (C=O) groups excluding carboxylic acids is 6. The topological polar surface area (TPSA) is 205 Å². The lowest BCUT2D eigenvalue weighted by Gasteiger charge is -2.21. The summed E-state index contributed by atoms with van der Waals surface area (Å²) in [7, 11) is 0. The molecule has 40 heavy (non-hydrogen) atoms. The van der Waals surface area contributed by atoms with Crippen LogP contribution in [0.3, 0.4) is 0 Å². The predicted octanol–water partition coefficient (Wildman–Crippen LogP) is 1.64. The second-order valence-corrected chi connectivity index (χ2v) is 9.53. The molecule has 0 saturated carbocycles. The number of nitrogens with two attached hydrogens (primary N) is 1. The van der Waals surface area contributed by atoms with Gasteiger partial charge in [-0.3, -0.25) is 33.7 Å². The second kappa shape index (κ2) is 22.1. The van der Waals surface area contributed by atoms with Gasteiger partial charge in [0.25, 0.3) is 11.8 Å². The number of carboxylic acid groups (broad SMARTS) is 1. The molecule has 0 bridgehead atoms. The van der Waals surface area contributed by atoms with Gasteiger partial charge in [0.2, 0.25) is 11.8 Å². The monoisotopic (exact) mass is 569 g/mol. The summed E-state index contributed by atoms with van der Waals surface area (Å²) >= 11 is 0. The number of carboxylic acids is 1. The summed E-state index contributed by atoms with van der Waals surface area (Å²) in [6.45, 7) is 12.2. The number of Topliss-reactive ketones (excluding diaryl/α,β-unsaturated/α-hetero) is 1. The lowest BCUT2D eigenvalue weighted by molar-refractivity contribution is -0.141. The molecule has 6 amide bonds. The van der Waals surface area contributed by atoms with Gasteiger partial charge in [0.05, 0.1) is 12.5 Å². The normalized spacial score (nSPS) is 13.3. The highest BCUT2D eigenvalue weighted by Gasteiger charge is 2.27. The Bertz CT molecular complexity index is 867. The van der Waals surface area contributed by atoms with Gasteiger partial charge in [-0.2, -0.15) is 0 Å². The van der Waals surface area contributed by atoms with Crippen LogP contribution in [0.25, 0.3) is 0 Å². The van der Waals surface area contributed by atoms with Crippen LogP contribution >= 0.6 is 0 Å². The van der Waals surface area contributed by atoms with E-state index in [9.17, 15) is 33.6 Å². The van der Waals surface area contributed by atoms with Crippen LogP contribution in [-0.2, 0) is 28.8 Å². The van der Waals surface area contributed by atoms with Gasteiger partial charge in [0.1, 0.15) is 6.04 Å². The minimum atomic E-state index is -1.37. The summed E-state index contributed by atoms with van der Waals surface area (Å²) in [5, 5.41) is 16.3. The van der Waals surface area contributed by atoms with Gasteiger partial charge in [-0.1, -0.05) is 41.0 Å².